The molecule has 0 saturated heterocycles. The van der Waals surface area contributed by atoms with E-state index in [1.807, 2.05) is 6.07 Å². The summed E-state index contributed by atoms with van der Waals surface area (Å²) in [7, 11) is 0. The fourth-order valence-electron chi connectivity index (χ4n) is 4.52. The summed E-state index contributed by atoms with van der Waals surface area (Å²) in [6, 6.07) is 4.22. The van der Waals surface area contributed by atoms with Crippen LogP contribution in [0.5, 0.6) is 0 Å². The number of fused-ring (bicyclic) bond motifs is 1. The van der Waals surface area contributed by atoms with Gasteiger partial charge in [-0.25, -0.2) is 0 Å². The Morgan fingerprint density at radius 1 is 0.957 bits per heavy atom. The zero-order valence-electron chi connectivity index (χ0n) is 16.1. The van der Waals surface area contributed by atoms with Gasteiger partial charge in [0.2, 0.25) is 0 Å². The number of anilines is 1. The van der Waals surface area contributed by atoms with E-state index in [4.69, 9.17) is 11.6 Å². The first-order valence-corrected chi connectivity index (χ1v) is 9.58. The average Bonchev–Trinajstić information content (AvgIpc) is 2.69. The van der Waals surface area contributed by atoms with Crippen LogP contribution in [0, 0.1) is 10.8 Å². The Morgan fingerprint density at radius 3 is 1.83 bits per heavy atom. The van der Waals surface area contributed by atoms with Crippen molar-refractivity contribution in [1.82, 2.24) is 0 Å². The van der Waals surface area contributed by atoms with Crippen molar-refractivity contribution in [3.63, 3.8) is 0 Å². The molecule has 1 heterocycles. The summed E-state index contributed by atoms with van der Waals surface area (Å²) in [5.74, 6) is 0. The molecule has 0 saturated carbocycles. The zero-order valence-corrected chi connectivity index (χ0v) is 18.4. The maximum Gasteiger partial charge on any atom is 0.0552 e. The van der Waals surface area contributed by atoms with E-state index in [-0.39, 0.29) is 21.8 Å². The van der Waals surface area contributed by atoms with Crippen LogP contribution in [-0.4, -0.2) is 12.1 Å². The van der Waals surface area contributed by atoms with Gasteiger partial charge >= 0.3 is 0 Å². The van der Waals surface area contributed by atoms with Gasteiger partial charge in [0.15, 0.2) is 0 Å². The van der Waals surface area contributed by atoms with Crippen LogP contribution >= 0.6 is 27.5 Å². The number of hydrogen-bond donors (Lipinski definition) is 0. The van der Waals surface area contributed by atoms with E-state index < -0.39 is 0 Å². The zero-order chi connectivity index (χ0) is 18.0. The van der Waals surface area contributed by atoms with Crippen LogP contribution in [0.25, 0.3) is 0 Å². The van der Waals surface area contributed by atoms with Crippen molar-refractivity contribution in [3.05, 3.63) is 27.2 Å². The third kappa shape index (κ3) is 2.74. The predicted octanol–water partition coefficient (Wildman–Crippen LogP) is 7.05. The maximum absolute atomic E-state index is 6.52. The second-order valence-electron chi connectivity index (χ2n) is 9.92. The second kappa shape index (κ2) is 5.39. The first-order valence-electron chi connectivity index (χ1n) is 8.41. The van der Waals surface area contributed by atoms with Crippen LogP contribution in [0.3, 0.4) is 0 Å². The summed E-state index contributed by atoms with van der Waals surface area (Å²) in [5, 5.41) is 0.803. The van der Waals surface area contributed by atoms with E-state index in [9.17, 15) is 0 Å². The van der Waals surface area contributed by atoms with E-state index in [0.29, 0.717) is 0 Å². The van der Waals surface area contributed by atoms with Gasteiger partial charge in [-0.05, 0) is 59.7 Å². The lowest BCUT2D eigenvalue weighted by molar-refractivity contribution is 0.0630. The molecule has 0 N–H and O–H groups in total. The molecular formula is C20H31BrClN. The molecule has 3 heteroatoms. The van der Waals surface area contributed by atoms with Crippen molar-refractivity contribution in [1.29, 1.82) is 0 Å². The monoisotopic (exact) mass is 399 g/mol. The van der Waals surface area contributed by atoms with Gasteiger partial charge in [-0.3, -0.25) is 0 Å². The molecule has 0 aromatic heterocycles. The van der Waals surface area contributed by atoms with Gasteiger partial charge < -0.3 is 4.90 Å². The fraction of sp³-hybridized carbons (Fsp3) is 0.700. The van der Waals surface area contributed by atoms with Crippen LogP contribution in [0.1, 0.15) is 67.9 Å². The minimum atomic E-state index is 0.00630. The van der Waals surface area contributed by atoms with Crippen LogP contribution < -0.4 is 4.90 Å². The smallest absolute Gasteiger partial charge is 0.0552 e. The third-order valence-corrected chi connectivity index (χ3v) is 6.92. The topological polar surface area (TPSA) is 3.24 Å². The SMILES string of the molecule is CC(C)(C)N1CC(C(C)(C)C)(C(C)(C)C)c2c1ccc(Cl)c2Br. The molecule has 0 aliphatic carbocycles. The number of halogens is 2. The molecule has 1 aliphatic heterocycles. The highest BCUT2D eigenvalue weighted by molar-refractivity contribution is 9.10. The molecule has 0 unspecified atom stereocenters. The third-order valence-electron chi connectivity index (χ3n) is 5.56. The van der Waals surface area contributed by atoms with Gasteiger partial charge in [0.1, 0.15) is 0 Å². The van der Waals surface area contributed by atoms with Gasteiger partial charge in [-0.1, -0.05) is 53.1 Å². The lowest BCUT2D eigenvalue weighted by atomic mass is 9.52. The molecule has 0 fully saturated rings. The Bertz CT molecular complexity index is 600. The van der Waals surface area contributed by atoms with Crippen molar-refractivity contribution in [2.75, 3.05) is 11.4 Å². The lowest BCUT2D eigenvalue weighted by Gasteiger charge is -2.53. The first-order chi connectivity index (χ1) is 10.1. The standard InChI is InChI=1S/C20H31BrClN/c1-17(2,3)20(18(4,5)6)12-23(19(7,8)9)14-11-10-13(22)16(21)15(14)20/h10-11H,12H2,1-9H3. The first kappa shape index (κ1) is 19.1. The molecular weight excluding hydrogens is 370 g/mol. The molecule has 0 bridgehead atoms. The highest BCUT2D eigenvalue weighted by atomic mass is 79.9. The summed E-state index contributed by atoms with van der Waals surface area (Å²) in [6.45, 7) is 22.1. The molecule has 1 aliphatic rings. The Hall–Kier alpha value is -0.210. The number of nitrogens with zero attached hydrogens (tertiary/aromatic N) is 1. The number of benzene rings is 1. The molecule has 1 aromatic rings. The summed E-state index contributed by atoms with van der Waals surface area (Å²) < 4.78 is 1.06. The Balaban J connectivity index is 2.92. The van der Waals surface area contributed by atoms with Crippen LogP contribution in [0.15, 0.2) is 16.6 Å². The van der Waals surface area contributed by atoms with Crippen molar-refractivity contribution >= 4 is 33.2 Å². The van der Waals surface area contributed by atoms with Crippen molar-refractivity contribution in [2.45, 2.75) is 73.3 Å². The van der Waals surface area contributed by atoms with Gasteiger partial charge in [-0.2, -0.15) is 0 Å². The van der Waals surface area contributed by atoms with E-state index >= 15 is 0 Å². The van der Waals surface area contributed by atoms with Crippen molar-refractivity contribution in [2.24, 2.45) is 10.8 Å². The lowest BCUT2D eigenvalue weighted by Crippen LogP contribution is -2.55. The average molecular weight is 401 g/mol. The molecule has 0 radical (unpaired) electrons. The molecule has 23 heavy (non-hydrogen) atoms. The van der Waals surface area contributed by atoms with E-state index in [2.05, 4.69) is 89.2 Å². The van der Waals surface area contributed by atoms with Gasteiger partial charge in [0.05, 0.1) is 5.02 Å². The summed E-state index contributed by atoms with van der Waals surface area (Å²) in [6.07, 6.45) is 0. The molecule has 1 aromatic carbocycles. The minimum Gasteiger partial charge on any atom is -0.365 e. The Morgan fingerprint density at radius 2 is 1.43 bits per heavy atom. The Kier molecular flexibility index (Phi) is 4.48. The molecule has 1 nitrogen and oxygen atoms in total. The van der Waals surface area contributed by atoms with E-state index in [1.54, 1.807) is 0 Å². The van der Waals surface area contributed by atoms with Crippen molar-refractivity contribution in [3.8, 4) is 0 Å². The van der Waals surface area contributed by atoms with Gasteiger partial charge in [-0.15, -0.1) is 0 Å². The number of rotatable bonds is 0. The molecule has 130 valence electrons. The normalized spacial score (nSPS) is 18.3. The predicted molar refractivity (Wildman–Crippen MR) is 107 cm³/mol. The minimum absolute atomic E-state index is 0.00630. The number of hydrogen-bond acceptors (Lipinski definition) is 1. The highest BCUT2D eigenvalue weighted by Gasteiger charge is 2.59. The summed E-state index contributed by atoms with van der Waals surface area (Å²) in [4.78, 5) is 2.56. The van der Waals surface area contributed by atoms with Crippen LogP contribution in [-0.2, 0) is 5.41 Å². The van der Waals surface area contributed by atoms with Crippen LogP contribution in [0.4, 0.5) is 5.69 Å². The summed E-state index contributed by atoms with van der Waals surface area (Å²) in [5.41, 5.74) is 2.98. The van der Waals surface area contributed by atoms with Gasteiger partial charge in [0, 0.05) is 33.2 Å². The Labute approximate surface area is 155 Å². The van der Waals surface area contributed by atoms with Crippen LogP contribution in [0.2, 0.25) is 5.02 Å². The fourth-order valence-corrected chi connectivity index (χ4v) is 5.35. The second-order valence-corrected chi connectivity index (χ2v) is 11.1. The summed E-state index contributed by atoms with van der Waals surface area (Å²) >= 11 is 10.3. The van der Waals surface area contributed by atoms with E-state index in [1.165, 1.54) is 11.3 Å². The maximum atomic E-state index is 6.52. The molecule has 0 atom stereocenters. The quantitative estimate of drug-likeness (QED) is 0.451. The largest absolute Gasteiger partial charge is 0.365 e. The highest BCUT2D eigenvalue weighted by Crippen LogP contribution is 2.62. The van der Waals surface area contributed by atoms with E-state index in [0.717, 1.165) is 16.0 Å². The molecule has 0 amide bonds. The van der Waals surface area contributed by atoms with Crippen molar-refractivity contribution < 1.29 is 0 Å². The molecule has 0 spiro atoms. The van der Waals surface area contributed by atoms with Gasteiger partial charge in [0.25, 0.3) is 0 Å². The molecule has 2 rings (SSSR count).